The molecule has 156 valence electrons. The van der Waals surface area contributed by atoms with Crippen LogP contribution in [0.1, 0.15) is 43.9 Å². The Bertz CT molecular complexity index is 818. The zero-order valence-corrected chi connectivity index (χ0v) is 18.9. The maximum absolute atomic E-state index is 13.2. The monoisotopic (exact) mass is 412 g/mol. The highest BCUT2D eigenvalue weighted by atomic mass is 32.2. The summed E-state index contributed by atoms with van der Waals surface area (Å²) in [7, 11) is 0. The van der Waals surface area contributed by atoms with Crippen LogP contribution in [0.5, 0.6) is 0 Å². The van der Waals surface area contributed by atoms with Gasteiger partial charge in [-0.2, -0.15) is 0 Å². The molecule has 1 N–H and O–H groups in total. The highest BCUT2D eigenvalue weighted by Gasteiger charge is 2.29. The van der Waals surface area contributed by atoms with Crippen molar-refractivity contribution < 1.29 is 9.59 Å². The van der Waals surface area contributed by atoms with Gasteiger partial charge in [0.2, 0.25) is 11.8 Å². The lowest BCUT2D eigenvalue weighted by Crippen LogP contribution is -2.51. The van der Waals surface area contributed by atoms with Crippen LogP contribution in [0.4, 0.5) is 0 Å². The topological polar surface area (TPSA) is 49.4 Å². The molecule has 0 aliphatic rings. The quantitative estimate of drug-likeness (QED) is 0.606. The van der Waals surface area contributed by atoms with Gasteiger partial charge in [0.05, 0.1) is 5.75 Å². The largest absolute Gasteiger partial charge is 0.352 e. The lowest BCUT2D eigenvalue weighted by molar-refractivity contribution is -0.139. The van der Waals surface area contributed by atoms with E-state index in [-0.39, 0.29) is 17.9 Å². The summed E-state index contributed by atoms with van der Waals surface area (Å²) in [5, 5.41) is 2.97. The van der Waals surface area contributed by atoms with Crippen molar-refractivity contribution in [1.29, 1.82) is 0 Å². The van der Waals surface area contributed by atoms with Crippen molar-refractivity contribution in [2.45, 2.75) is 64.6 Å². The third-order valence-electron chi connectivity index (χ3n) is 4.80. The van der Waals surface area contributed by atoms with Gasteiger partial charge in [0.1, 0.15) is 6.04 Å². The van der Waals surface area contributed by atoms with Crippen molar-refractivity contribution in [3.63, 3.8) is 0 Å². The van der Waals surface area contributed by atoms with Crippen LogP contribution < -0.4 is 5.32 Å². The third-order valence-corrected chi connectivity index (χ3v) is 5.80. The van der Waals surface area contributed by atoms with Crippen LogP contribution in [0.15, 0.2) is 53.4 Å². The van der Waals surface area contributed by atoms with E-state index in [0.29, 0.717) is 18.7 Å². The van der Waals surface area contributed by atoms with E-state index in [1.807, 2.05) is 83.1 Å². The Hall–Kier alpha value is -2.27. The maximum Gasteiger partial charge on any atom is 0.243 e. The summed E-state index contributed by atoms with van der Waals surface area (Å²) < 4.78 is 0. The number of hydrogen-bond acceptors (Lipinski definition) is 3. The van der Waals surface area contributed by atoms with Gasteiger partial charge in [-0.1, -0.05) is 48.9 Å². The summed E-state index contributed by atoms with van der Waals surface area (Å²) in [6.45, 7) is 10.3. The number of hydrogen-bond donors (Lipinski definition) is 1. The van der Waals surface area contributed by atoms with Gasteiger partial charge in [-0.05, 0) is 57.4 Å². The number of carbonyl (C=O) groups excluding carboxylic acids is 2. The van der Waals surface area contributed by atoms with E-state index in [9.17, 15) is 9.59 Å². The zero-order chi connectivity index (χ0) is 21.4. The smallest absolute Gasteiger partial charge is 0.243 e. The summed E-state index contributed by atoms with van der Waals surface area (Å²) >= 11 is 1.51. The van der Waals surface area contributed by atoms with Crippen LogP contribution >= 0.6 is 11.8 Å². The average Bonchev–Trinajstić information content (AvgIpc) is 2.68. The number of benzene rings is 2. The molecule has 0 fully saturated rings. The molecular weight excluding hydrogens is 380 g/mol. The summed E-state index contributed by atoms with van der Waals surface area (Å²) in [4.78, 5) is 28.8. The Morgan fingerprint density at radius 3 is 2.28 bits per heavy atom. The first-order valence-electron chi connectivity index (χ1n) is 10.2. The highest BCUT2D eigenvalue weighted by molar-refractivity contribution is 8.00. The molecule has 0 saturated heterocycles. The second-order valence-electron chi connectivity index (χ2n) is 7.64. The predicted molar refractivity (Wildman–Crippen MR) is 121 cm³/mol. The summed E-state index contributed by atoms with van der Waals surface area (Å²) in [6, 6.07) is 15.7. The zero-order valence-electron chi connectivity index (χ0n) is 18.1. The SMILES string of the molecule is CC[C@H](C(=O)NC(C)C)N(Cc1ccccc1C)C(=O)CSc1ccc(C)cc1. The first-order chi connectivity index (χ1) is 13.8. The van der Waals surface area contributed by atoms with Crippen molar-refractivity contribution in [3.05, 3.63) is 65.2 Å². The van der Waals surface area contributed by atoms with Crippen LogP contribution in [-0.4, -0.2) is 34.6 Å². The Morgan fingerprint density at radius 1 is 1.03 bits per heavy atom. The standard InChI is InChI=1S/C24H32N2O2S/c1-6-22(24(28)25-17(2)3)26(15-20-10-8-7-9-19(20)5)23(27)16-29-21-13-11-18(4)12-14-21/h7-14,17,22H,6,15-16H2,1-5H3,(H,25,28)/t22-/m1/s1. The van der Waals surface area contributed by atoms with Gasteiger partial charge < -0.3 is 10.2 Å². The first kappa shape index (κ1) is 23.0. The molecular formula is C24H32N2O2S. The van der Waals surface area contributed by atoms with Gasteiger partial charge in [-0.15, -0.1) is 11.8 Å². The van der Waals surface area contributed by atoms with Crippen molar-refractivity contribution >= 4 is 23.6 Å². The van der Waals surface area contributed by atoms with Gasteiger partial charge in [-0.25, -0.2) is 0 Å². The Morgan fingerprint density at radius 2 is 1.69 bits per heavy atom. The Kier molecular flexibility index (Phi) is 8.77. The van der Waals surface area contributed by atoms with Gasteiger partial charge in [0.25, 0.3) is 0 Å². The number of amides is 2. The number of nitrogens with zero attached hydrogens (tertiary/aromatic N) is 1. The normalized spacial score (nSPS) is 11.9. The molecule has 5 heteroatoms. The molecule has 1 atom stereocenters. The second-order valence-corrected chi connectivity index (χ2v) is 8.69. The highest BCUT2D eigenvalue weighted by Crippen LogP contribution is 2.21. The number of nitrogens with one attached hydrogen (secondary N) is 1. The Labute approximate surface area is 179 Å². The number of thioether (sulfide) groups is 1. The molecule has 0 aliphatic heterocycles. The summed E-state index contributed by atoms with van der Waals surface area (Å²) in [6.07, 6.45) is 0.575. The summed E-state index contributed by atoms with van der Waals surface area (Å²) in [5.74, 6) is 0.190. The molecule has 0 bridgehead atoms. The van der Waals surface area contributed by atoms with Crippen molar-refractivity contribution in [2.24, 2.45) is 0 Å². The number of rotatable bonds is 9. The van der Waals surface area contributed by atoms with Crippen molar-refractivity contribution in [1.82, 2.24) is 10.2 Å². The molecule has 0 aromatic heterocycles. The van der Waals surface area contributed by atoms with Gasteiger partial charge in [0.15, 0.2) is 0 Å². The fourth-order valence-electron chi connectivity index (χ4n) is 3.13. The van der Waals surface area contributed by atoms with Gasteiger partial charge in [0, 0.05) is 17.5 Å². The van der Waals surface area contributed by atoms with E-state index in [1.165, 1.54) is 17.3 Å². The lowest BCUT2D eigenvalue weighted by atomic mass is 10.1. The molecule has 0 spiro atoms. The lowest BCUT2D eigenvalue weighted by Gasteiger charge is -2.31. The molecule has 0 saturated carbocycles. The van der Waals surface area contributed by atoms with E-state index >= 15 is 0 Å². The van der Waals surface area contributed by atoms with E-state index in [2.05, 4.69) is 5.32 Å². The second kappa shape index (κ2) is 11.1. The first-order valence-corrected chi connectivity index (χ1v) is 11.1. The Balaban J connectivity index is 2.21. The van der Waals surface area contributed by atoms with Crippen LogP contribution in [0, 0.1) is 13.8 Å². The fraction of sp³-hybridized carbons (Fsp3) is 0.417. The molecule has 2 aromatic rings. The minimum absolute atomic E-state index is 0.0235. The van der Waals surface area contributed by atoms with E-state index in [0.717, 1.165) is 16.0 Å². The number of aryl methyl sites for hydroxylation is 2. The molecule has 0 radical (unpaired) electrons. The van der Waals surface area contributed by atoms with Crippen molar-refractivity contribution in [3.8, 4) is 0 Å². The van der Waals surface area contributed by atoms with E-state index in [1.54, 1.807) is 4.90 Å². The third kappa shape index (κ3) is 6.93. The van der Waals surface area contributed by atoms with Crippen LogP contribution in [0.2, 0.25) is 0 Å². The molecule has 0 unspecified atom stereocenters. The van der Waals surface area contributed by atoms with Crippen LogP contribution in [-0.2, 0) is 16.1 Å². The maximum atomic E-state index is 13.2. The van der Waals surface area contributed by atoms with E-state index < -0.39 is 6.04 Å². The molecule has 2 amide bonds. The molecule has 2 aromatic carbocycles. The van der Waals surface area contributed by atoms with Crippen LogP contribution in [0.3, 0.4) is 0 Å². The average molecular weight is 413 g/mol. The molecule has 0 heterocycles. The molecule has 29 heavy (non-hydrogen) atoms. The van der Waals surface area contributed by atoms with Crippen molar-refractivity contribution in [2.75, 3.05) is 5.75 Å². The number of carbonyl (C=O) groups is 2. The molecule has 4 nitrogen and oxygen atoms in total. The fourth-order valence-corrected chi connectivity index (χ4v) is 3.92. The summed E-state index contributed by atoms with van der Waals surface area (Å²) in [5.41, 5.74) is 3.38. The minimum Gasteiger partial charge on any atom is -0.352 e. The van der Waals surface area contributed by atoms with E-state index in [4.69, 9.17) is 0 Å². The van der Waals surface area contributed by atoms with Crippen LogP contribution in [0.25, 0.3) is 0 Å². The molecule has 2 rings (SSSR count). The van der Waals surface area contributed by atoms with Gasteiger partial charge >= 0.3 is 0 Å². The minimum atomic E-state index is -0.483. The van der Waals surface area contributed by atoms with Gasteiger partial charge in [-0.3, -0.25) is 9.59 Å². The predicted octanol–water partition coefficient (Wildman–Crippen LogP) is 4.73. The molecule has 0 aliphatic carbocycles.